The van der Waals surface area contributed by atoms with Crippen molar-refractivity contribution in [3.05, 3.63) is 94.8 Å². The third-order valence-corrected chi connectivity index (χ3v) is 6.12. The molecule has 7 heteroatoms. The Hall–Kier alpha value is -3.19. The van der Waals surface area contributed by atoms with Crippen LogP contribution in [-0.2, 0) is 16.4 Å². The van der Waals surface area contributed by atoms with Crippen LogP contribution < -0.4 is 10.0 Å². The van der Waals surface area contributed by atoms with E-state index in [1.54, 1.807) is 49.4 Å². The summed E-state index contributed by atoms with van der Waals surface area (Å²) < 4.78 is 41.3. The Kier molecular flexibility index (Phi) is 6.52. The van der Waals surface area contributed by atoms with E-state index >= 15 is 0 Å². The fourth-order valence-corrected chi connectivity index (χ4v) is 4.43. The number of anilines is 1. The minimum Gasteiger partial charge on any atom is -0.352 e. The zero-order valence-corrected chi connectivity index (χ0v) is 17.6. The monoisotopic (exact) mass is 426 g/mol. The van der Waals surface area contributed by atoms with Crippen LogP contribution in [0.25, 0.3) is 0 Å². The first-order chi connectivity index (χ1) is 14.2. The van der Waals surface area contributed by atoms with Gasteiger partial charge in [-0.2, -0.15) is 0 Å². The summed E-state index contributed by atoms with van der Waals surface area (Å²) in [6.07, 6.45) is 0.489. The van der Waals surface area contributed by atoms with E-state index in [0.29, 0.717) is 29.8 Å². The molecule has 0 unspecified atom stereocenters. The van der Waals surface area contributed by atoms with Crippen molar-refractivity contribution in [2.75, 3.05) is 11.3 Å². The summed E-state index contributed by atoms with van der Waals surface area (Å²) in [7, 11) is -3.78. The molecule has 3 aromatic carbocycles. The van der Waals surface area contributed by atoms with Crippen molar-refractivity contribution in [3.8, 4) is 0 Å². The molecule has 30 heavy (non-hydrogen) atoms. The van der Waals surface area contributed by atoms with Crippen molar-refractivity contribution in [1.29, 1.82) is 0 Å². The number of sulfonamides is 1. The summed E-state index contributed by atoms with van der Waals surface area (Å²) in [5.41, 5.74) is 2.89. The highest BCUT2D eigenvalue weighted by Gasteiger charge is 2.18. The van der Waals surface area contributed by atoms with E-state index in [1.165, 1.54) is 18.2 Å². The van der Waals surface area contributed by atoms with Crippen LogP contribution in [0.1, 0.15) is 27.0 Å². The number of carbonyl (C=O) groups is 1. The summed E-state index contributed by atoms with van der Waals surface area (Å²) in [4.78, 5) is 12.6. The summed E-state index contributed by atoms with van der Waals surface area (Å²) in [5.74, 6) is -0.651. The minimum absolute atomic E-state index is 0.201. The first-order valence-corrected chi connectivity index (χ1v) is 11.0. The van der Waals surface area contributed by atoms with E-state index in [9.17, 15) is 17.6 Å². The molecule has 0 spiro atoms. The van der Waals surface area contributed by atoms with Gasteiger partial charge in [0.15, 0.2) is 0 Å². The molecule has 3 aromatic rings. The Balaban J connectivity index is 1.68. The maximum atomic E-state index is 13.2. The number of carbonyl (C=O) groups excluding carboxylic acids is 1. The average Bonchev–Trinajstić information content (AvgIpc) is 2.69. The molecular weight excluding hydrogens is 403 g/mol. The van der Waals surface area contributed by atoms with E-state index in [0.717, 1.165) is 11.1 Å². The van der Waals surface area contributed by atoms with E-state index in [2.05, 4.69) is 10.0 Å². The van der Waals surface area contributed by atoms with E-state index in [1.807, 2.05) is 13.0 Å². The highest BCUT2D eigenvalue weighted by Crippen LogP contribution is 2.21. The average molecular weight is 427 g/mol. The van der Waals surface area contributed by atoms with Crippen LogP contribution in [0.4, 0.5) is 10.1 Å². The second-order valence-corrected chi connectivity index (χ2v) is 8.74. The molecule has 0 aliphatic heterocycles. The number of amides is 1. The van der Waals surface area contributed by atoms with Crippen LogP contribution in [0.15, 0.2) is 71.6 Å². The standard InChI is InChI=1S/C23H23FN2O3S/c1-16-9-10-17(2)22(13-16)30(28,29)26-21-8-4-6-19(15-21)23(27)25-12-11-18-5-3-7-20(24)14-18/h3-10,13-15,26H,11-12H2,1-2H3,(H,25,27). The largest absolute Gasteiger partial charge is 0.352 e. The highest BCUT2D eigenvalue weighted by molar-refractivity contribution is 7.92. The number of rotatable bonds is 7. The maximum Gasteiger partial charge on any atom is 0.262 e. The molecule has 2 N–H and O–H groups in total. The van der Waals surface area contributed by atoms with E-state index < -0.39 is 10.0 Å². The van der Waals surface area contributed by atoms with Gasteiger partial charge in [-0.3, -0.25) is 9.52 Å². The van der Waals surface area contributed by atoms with Gasteiger partial charge >= 0.3 is 0 Å². The van der Waals surface area contributed by atoms with Crippen molar-refractivity contribution in [2.45, 2.75) is 25.2 Å². The minimum atomic E-state index is -3.78. The zero-order valence-electron chi connectivity index (χ0n) is 16.8. The van der Waals surface area contributed by atoms with E-state index in [-0.39, 0.29) is 16.6 Å². The summed E-state index contributed by atoms with van der Waals surface area (Å²) in [6.45, 7) is 3.89. The lowest BCUT2D eigenvalue weighted by Gasteiger charge is -2.12. The maximum absolute atomic E-state index is 13.2. The lowest BCUT2D eigenvalue weighted by atomic mass is 10.1. The molecule has 0 aliphatic rings. The number of hydrogen-bond acceptors (Lipinski definition) is 3. The molecule has 156 valence electrons. The summed E-state index contributed by atoms with van der Waals surface area (Å²) in [6, 6.07) is 17.7. The Bertz CT molecular complexity index is 1180. The Morgan fingerprint density at radius 2 is 1.73 bits per heavy atom. The third kappa shape index (κ3) is 5.45. The smallest absolute Gasteiger partial charge is 0.262 e. The quantitative estimate of drug-likeness (QED) is 0.594. The van der Waals surface area contributed by atoms with Gasteiger partial charge in [-0.25, -0.2) is 12.8 Å². The molecule has 0 atom stereocenters. The van der Waals surface area contributed by atoms with Crippen LogP contribution >= 0.6 is 0 Å². The summed E-state index contributed by atoms with van der Waals surface area (Å²) in [5, 5.41) is 2.77. The molecule has 0 aromatic heterocycles. The van der Waals surface area contributed by atoms with Gasteiger partial charge in [0.05, 0.1) is 4.90 Å². The predicted molar refractivity (Wildman–Crippen MR) is 116 cm³/mol. The lowest BCUT2D eigenvalue weighted by molar-refractivity contribution is 0.0954. The Morgan fingerprint density at radius 3 is 2.50 bits per heavy atom. The van der Waals surface area contributed by atoms with Gasteiger partial charge < -0.3 is 5.32 Å². The fourth-order valence-electron chi connectivity index (χ4n) is 3.05. The molecule has 0 heterocycles. The Labute approximate surface area is 176 Å². The number of halogens is 1. The molecule has 0 radical (unpaired) electrons. The van der Waals surface area contributed by atoms with Gasteiger partial charge in [-0.15, -0.1) is 0 Å². The summed E-state index contributed by atoms with van der Waals surface area (Å²) >= 11 is 0. The van der Waals surface area contributed by atoms with Gasteiger partial charge in [0.2, 0.25) is 0 Å². The van der Waals surface area contributed by atoms with Crippen molar-refractivity contribution in [2.24, 2.45) is 0 Å². The van der Waals surface area contributed by atoms with Crippen LogP contribution in [0.5, 0.6) is 0 Å². The van der Waals surface area contributed by atoms with Crippen LogP contribution in [-0.4, -0.2) is 20.9 Å². The van der Waals surface area contributed by atoms with Gasteiger partial charge in [-0.1, -0.05) is 30.3 Å². The molecular formula is C23H23FN2O3S. The van der Waals surface area contributed by atoms with Gasteiger partial charge in [0, 0.05) is 17.8 Å². The van der Waals surface area contributed by atoms with Crippen LogP contribution in [0.3, 0.4) is 0 Å². The number of nitrogens with one attached hydrogen (secondary N) is 2. The van der Waals surface area contributed by atoms with Crippen molar-refractivity contribution < 1.29 is 17.6 Å². The molecule has 0 saturated heterocycles. The molecule has 0 aliphatic carbocycles. The van der Waals surface area contributed by atoms with Crippen molar-refractivity contribution in [3.63, 3.8) is 0 Å². The van der Waals surface area contributed by atoms with Crippen LogP contribution in [0.2, 0.25) is 0 Å². The SMILES string of the molecule is Cc1ccc(C)c(S(=O)(=O)Nc2cccc(C(=O)NCCc3cccc(F)c3)c2)c1. The predicted octanol–water partition coefficient (Wildman–Crippen LogP) is 4.22. The van der Waals surface area contributed by atoms with Gasteiger partial charge in [-0.05, 0) is 73.4 Å². The van der Waals surface area contributed by atoms with Crippen molar-refractivity contribution in [1.82, 2.24) is 5.32 Å². The molecule has 5 nitrogen and oxygen atoms in total. The lowest BCUT2D eigenvalue weighted by Crippen LogP contribution is -2.25. The fraction of sp³-hybridized carbons (Fsp3) is 0.174. The second kappa shape index (κ2) is 9.09. The topological polar surface area (TPSA) is 75.3 Å². The highest BCUT2D eigenvalue weighted by atomic mass is 32.2. The Morgan fingerprint density at radius 1 is 0.967 bits per heavy atom. The van der Waals surface area contributed by atoms with Gasteiger partial charge in [0.25, 0.3) is 15.9 Å². The molecule has 1 amide bonds. The second-order valence-electron chi connectivity index (χ2n) is 7.09. The van der Waals surface area contributed by atoms with Crippen LogP contribution in [0, 0.1) is 19.7 Å². The molecule has 0 fully saturated rings. The molecule has 0 bridgehead atoms. The van der Waals surface area contributed by atoms with Gasteiger partial charge in [0.1, 0.15) is 5.82 Å². The first kappa shape index (κ1) is 21.5. The third-order valence-electron chi connectivity index (χ3n) is 4.60. The first-order valence-electron chi connectivity index (χ1n) is 9.47. The normalized spacial score (nSPS) is 11.2. The van der Waals surface area contributed by atoms with Crippen molar-refractivity contribution >= 4 is 21.6 Å². The zero-order chi connectivity index (χ0) is 21.7. The number of hydrogen-bond donors (Lipinski definition) is 2. The van der Waals surface area contributed by atoms with E-state index in [4.69, 9.17) is 0 Å². The number of benzene rings is 3. The molecule has 3 rings (SSSR count). The number of aryl methyl sites for hydroxylation is 2. The molecule has 0 saturated carbocycles.